The Hall–Kier alpha value is -2.88. The van der Waals surface area contributed by atoms with E-state index in [0.29, 0.717) is 5.75 Å². The van der Waals surface area contributed by atoms with Gasteiger partial charge in [0.25, 0.3) is 0 Å². The standard InChI is InChI=1S/C18H16O4/c1-20-16-6-5-12(9-15(16)19)3-4-13-10-17(21-2)14-7-8-22-18(14)11-13/h3-11,19H,1-2H3/b4-3+. The van der Waals surface area contributed by atoms with Crippen LogP contribution in [0.4, 0.5) is 0 Å². The second kappa shape index (κ2) is 5.85. The minimum absolute atomic E-state index is 0.115. The van der Waals surface area contributed by atoms with Gasteiger partial charge in [-0.05, 0) is 41.5 Å². The van der Waals surface area contributed by atoms with E-state index in [9.17, 15) is 5.11 Å². The number of ether oxygens (including phenoxy) is 2. The van der Waals surface area contributed by atoms with Crippen molar-refractivity contribution in [1.82, 2.24) is 0 Å². The summed E-state index contributed by atoms with van der Waals surface area (Å²) in [5.41, 5.74) is 2.60. The second-order valence-corrected chi connectivity index (χ2v) is 4.82. The van der Waals surface area contributed by atoms with Gasteiger partial charge < -0.3 is 19.0 Å². The molecular formula is C18H16O4. The van der Waals surface area contributed by atoms with Crippen LogP contribution in [0.3, 0.4) is 0 Å². The molecule has 0 fully saturated rings. The maximum absolute atomic E-state index is 9.79. The van der Waals surface area contributed by atoms with Crippen LogP contribution >= 0.6 is 0 Å². The Morgan fingerprint density at radius 3 is 2.41 bits per heavy atom. The summed E-state index contributed by atoms with van der Waals surface area (Å²) in [5, 5.41) is 10.7. The van der Waals surface area contributed by atoms with Crippen molar-refractivity contribution >= 4 is 23.1 Å². The average Bonchev–Trinajstić information content (AvgIpc) is 3.00. The van der Waals surface area contributed by atoms with Crippen LogP contribution in [-0.2, 0) is 0 Å². The number of furan rings is 1. The Bertz CT molecular complexity index is 830. The van der Waals surface area contributed by atoms with Crippen molar-refractivity contribution in [2.24, 2.45) is 0 Å². The van der Waals surface area contributed by atoms with E-state index in [-0.39, 0.29) is 5.75 Å². The zero-order valence-electron chi connectivity index (χ0n) is 12.4. The molecule has 0 spiro atoms. The highest BCUT2D eigenvalue weighted by molar-refractivity contribution is 5.87. The Morgan fingerprint density at radius 1 is 0.909 bits per heavy atom. The SMILES string of the molecule is COc1ccc(/C=C/c2cc(OC)c3ccoc3c2)cc1O. The van der Waals surface area contributed by atoms with Crippen molar-refractivity contribution in [3.8, 4) is 17.2 Å². The maximum atomic E-state index is 9.79. The van der Waals surface area contributed by atoms with E-state index >= 15 is 0 Å². The Balaban J connectivity index is 1.93. The Kier molecular flexibility index (Phi) is 3.74. The zero-order chi connectivity index (χ0) is 15.5. The minimum atomic E-state index is 0.115. The number of phenols is 1. The minimum Gasteiger partial charge on any atom is -0.504 e. The molecule has 0 radical (unpaired) electrons. The fourth-order valence-electron chi connectivity index (χ4n) is 2.33. The number of fused-ring (bicyclic) bond motifs is 1. The molecule has 0 aliphatic rings. The van der Waals surface area contributed by atoms with Crippen LogP contribution in [0.2, 0.25) is 0 Å². The molecule has 22 heavy (non-hydrogen) atoms. The lowest BCUT2D eigenvalue weighted by Crippen LogP contribution is -1.85. The van der Waals surface area contributed by atoms with Crippen LogP contribution in [0.1, 0.15) is 11.1 Å². The van der Waals surface area contributed by atoms with Crippen LogP contribution < -0.4 is 9.47 Å². The van der Waals surface area contributed by atoms with Gasteiger partial charge in [0.15, 0.2) is 11.5 Å². The lowest BCUT2D eigenvalue weighted by molar-refractivity contribution is 0.373. The molecule has 1 N–H and O–H groups in total. The number of phenolic OH excluding ortho intramolecular Hbond substituents is 1. The van der Waals surface area contributed by atoms with E-state index < -0.39 is 0 Å². The quantitative estimate of drug-likeness (QED) is 0.728. The van der Waals surface area contributed by atoms with E-state index in [0.717, 1.165) is 27.8 Å². The third-order valence-corrected chi connectivity index (χ3v) is 3.45. The maximum Gasteiger partial charge on any atom is 0.160 e. The monoisotopic (exact) mass is 296 g/mol. The molecule has 0 saturated carbocycles. The third-order valence-electron chi connectivity index (χ3n) is 3.45. The largest absolute Gasteiger partial charge is 0.504 e. The van der Waals surface area contributed by atoms with E-state index in [1.165, 1.54) is 7.11 Å². The lowest BCUT2D eigenvalue weighted by atomic mass is 10.1. The van der Waals surface area contributed by atoms with E-state index in [4.69, 9.17) is 13.9 Å². The van der Waals surface area contributed by atoms with E-state index in [2.05, 4.69) is 0 Å². The topological polar surface area (TPSA) is 51.8 Å². The summed E-state index contributed by atoms with van der Waals surface area (Å²) in [5.74, 6) is 1.34. The second-order valence-electron chi connectivity index (χ2n) is 4.82. The summed E-state index contributed by atoms with van der Waals surface area (Å²) in [6.07, 6.45) is 5.48. The molecule has 4 nitrogen and oxygen atoms in total. The molecule has 3 rings (SSSR count). The van der Waals surface area contributed by atoms with Crippen molar-refractivity contribution < 1.29 is 19.0 Å². The molecule has 0 aliphatic carbocycles. The van der Waals surface area contributed by atoms with Gasteiger partial charge in [-0.2, -0.15) is 0 Å². The molecule has 4 heteroatoms. The number of aromatic hydroxyl groups is 1. The fourth-order valence-corrected chi connectivity index (χ4v) is 2.33. The zero-order valence-corrected chi connectivity index (χ0v) is 12.4. The molecule has 0 atom stereocenters. The number of rotatable bonds is 4. The number of benzene rings is 2. The normalized spacial score (nSPS) is 11.2. The number of methoxy groups -OCH3 is 2. The number of hydrogen-bond acceptors (Lipinski definition) is 4. The van der Waals surface area contributed by atoms with Gasteiger partial charge in [-0.3, -0.25) is 0 Å². The molecule has 0 saturated heterocycles. The molecule has 0 amide bonds. The summed E-state index contributed by atoms with van der Waals surface area (Å²) < 4.78 is 15.8. The van der Waals surface area contributed by atoms with E-state index in [1.54, 1.807) is 25.5 Å². The van der Waals surface area contributed by atoms with Gasteiger partial charge >= 0.3 is 0 Å². The van der Waals surface area contributed by atoms with Gasteiger partial charge in [-0.25, -0.2) is 0 Å². The van der Waals surface area contributed by atoms with Gasteiger partial charge in [0.2, 0.25) is 0 Å². The predicted molar refractivity (Wildman–Crippen MR) is 86.4 cm³/mol. The molecule has 1 aromatic heterocycles. The molecule has 0 unspecified atom stereocenters. The first-order valence-corrected chi connectivity index (χ1v) is 6.81. The van der Waals surface area contributed by atoms with Gasteiger partial charge in [0.1, 0.15) is 11.3 Å². The summed E-state index contributed by atoms with van der Waals surface area (Å²) in [4.78, 5) is 0. The highest BCUT2D eigenvalue weighted by Gasteiger charge is 2.06. The average molecular weight is 296 g/mol. The lowest BCUT2D eigenvalue weighted by Gasteiger charge is -2.04. The Morgan fingerprint density at radius 2 is 1.68 bits per heavy atom. The van der Waals surface area contributed by atoms with Gasteiger partial charge in [-0.15, -0.1) is 0 Å². The molecule has 0 bridgehead atoms. The van der Waals surface area contributed by atoms with Crippen LogP contribution in [0.5, 0.6) is 17.2 Å². The van der Waals surface area contributed by atoms with Crippen LogP contribution in [0, 0.1) is 0 Å². The van der Waals surface area contributed by atoms with Crippen LogP contribution in [-0.4, -0.2) is 19.3 Å². The molecule has 0 aliphatic heterocycles. The van der Waals surface area contributed by atoms with Gasteiger partial charge in [-0.1, -0.05) is 18.2 Å². The molecule has 112 valence electrons. The predicted octanol–water partition coefficient (Wildman–Crippen LogP) is 4.33. The highest BCUT2D eigenvalue weighted by atomic mass is 16.5. The summed E-state index contributed by atoms with van der Waals surface area (Å²) in [6, 6.07) is 11.0. The van der Waals surface area contributed by atoms with Gasteiger partial charge in [0, 0.05) is 0 Å². The third kappa shape index (κ3) is 2.63. The van der Waals surface area contributed by atoms with Crippen molar-refractivity contribution in [3.63, 3.8) is 0 Å². The smallest absolute Gasteiger partial charge is 0.160 e. The Labute approximate surface area is 128 Å². The van der Waals surface area contributed by atoms with Crippen LogP contribution in [0.25, 0.3) is 23.1 Å². The molecule has 2 aromatic carbocycles. The highest BCUT2D eigenvalue weighted by Crippen LogP contribution is 2.30. The van der Waals surface area contributed by atoms with Crippen molar-refractivity contribution in [1.29, 1.82) is 0 Å². The molecule has 3 aromatic rings. The van der Waals surface area contributed by atoms with Gasteiger partial charge in [0.05, 0.1) is 25.9 Å². The van der Waals surface area contributed by atoms with Crippen molar-refractivity contribution in [2.45, 2.75) is 0 Å². The molecule has 1 heterocycles. The van der Waals surface area contributed by atoms with Crippen molar-refractivity contribution in [3.05, 3.63) is 53.8 Å². The summed E-state index contributed by atoms with van der Waals surface area (Å²) >= 11 is 0. The summed E-state index contributed by atoms with van der Waals surface area (Å²) in [6.45, 7) is 0. The van der Waals surface area contributed by atoms with Crippen LogP contribution in [0.15, 0.2) is 47.1 Å². The first-order chi connectivity index (χ1) is 10.7. The molecular weight excluding hydrogens is 280 g/mol. The first-order valence-electron chi connectivity index (χ1n) is 6.81. The first kappa shape index (κ1) is 14.1. The number of hydrogen-bond donors (Lipinski definition) is 1. The van der Waals surface area contributed by atoms with Crippen molar-refractivity contribution in [2.75, 3.05) is 14.2 Å². The van der Waals surface area contributed by atoms with E-state index in [1.807, 2.05) is 36.4 Å². The fraction of sp³-hybridized carbons (Fsp3) is 0.111. The summed E-state index contributed by atoms with van der Waals surface area (Å²) in [7, 11) is 3.16.